The first-order valence-corrected chi connectivity index (χ1v) is 5.59. The van der Waals surface area contributed by atoms with E-state index >= 15 is 0 Å². The van der Waals surface area contributed by atoms with Crippen LogP contribution in [0.2, 0.25) is 5.82 Å². The Morgan fingerprint density at radius 1 is 1.36 bits per heavy atom. The van der Waals surface area contributed by atoms with Gasteiger partial charge in [0.2, 0.25) is 0 Å². The summed E-state index contributed by atoms with van der Waals surface area (Å²) >= 11 is 0.426. The molecular formula is C7H7NO2Se. The van der Waals surface area contributed by atoms with Gasteiger partial charge in [-0.25, -0.2) is 0 Å². The molecule has 11 heavy (non-hydrogen) atoms. The van der Waals surface area contributed by atoms with Gasteiger partial charge in [-0.1, -0.05) is 0 Å². The Labute approximate surface area is 70.7 Å². The molecule has 0 fully saturated rings. The van der Waals surface area contributed by atoms with E-state index in [2.05, 4.69) is 5.82 Å². The maximum atomic E-state index is 10.2. The third kappa shape index (κ3) is 2.03. The van der Waals surface area contributed by atoms with E-state index in [1.165, 1.54) is 4.46 Å². The van der Waals surface area contributed by atoms with Gasteiger partial charge in [-0.3, -0.25) is 0 Å². The zero-order chi connectivity index (χ0) is 8.27. The molecule has 3 nitrogen and oxygen atoms in total. The van der Waals surface area contributed by atoms with Gasteiger partial charge in [0.1, 0.15) is 0 Å². The van der Waals surface area contributed by atoms with E-state index in [4.69, 9.17) is 0 Å². The minimum absolute atomic E-state index is 0.165. The first-order valence-electron chi connectivity index (χ1n) is 3.02. The van der Waals surface area contributed by atoms with Crippen LogP contribution in [0.4, 0.5) is 5.69 Å². The van der Waals surface area contributed by atoms with Crippen LogP contribution < -0.4 is 4.46 Å². The second-order valence-corrected chi connectivity index (χ2v) is 3.80. The molecule has 0 amide bonds. The molecule has 0 aromatic heterocycles. The van der Waals surface area contributed by atoms with Crippen LogP contribution >= 0.6 is 0 Å². The normalized spacial score (nSPS) is 9.55. The van der Waals surface area contributed by atoms with Crippen LogP contribution in [-0.4, -0.2) is 19.9 Å². The van der Waals surface area contributed by atoms with Gasteiger partial charge in [-0.2, -0.15) is 0 Å². The average molecular weight is 216 g/mol. The Kier molecular flexibility index (Phi) is 2.63. The molecule has 1 aromatic carbocycles. The number of hydrogen-bond acceptors (Lipinski definition) is 2. The number of rotatable bonds is 2. The molecule has 0 bridgehead atoms. The summed E-state index contributed by atoms with van der Waals surface area (Å²) in [5.41, 5.74) is 0.165. The van der Waals surface area contributed by atoms with Crippen molar-refractivity contribution in [2.24, 2.45) is 0 Å². The molecule has 0 heterocycles. The van der Waals surface area contributed by atoms with E-state index in [9.17, 15) is 10.1 Å². The summed E-state index contributed by atoms with van der Waals surface area (Å²) in [4.78, 5) is 9.83. The fraction of sp³-hybridized carbons (Fsp3) is 0.143. The topological polar surface area (TPSA) is 43.1 Å². The van der Waals surface area contributed by atoms with Crippen molar-refractivity contribution in [3.05, 3.63) is 34.4 Å². The molecule has 0 aliphatic rings. The van der Waals surface area contributed by atoms with Gasteiger partial charge < -0.3 is 0 Å². The zero-order valence-corrected chi connectivity index (χ0v) is 7.69. The molecule has 0 radical (unpaired) electrons. The summed E-state index contributed by atoms with van der Waals surface area (Å²) in [7, 11) is 0. The predicted molar refractivity (Wildman–Crippen MR) is 44.3 cm³/mol. The number of non-ortho nitro benzene ring substituents is 1. The van der Waals surface area contributed by atoms with Gasteiger partial charge in [-0.15, -0.1) is 0 Å². The van der Waals surface area contributed by atoms with Crippen molar-refractivity contribution >= 4 is 25.1 Å². The predicted octanol–water partition coefficient (Wildman–Crippen LogP) is 0.972. The number of hydrogen-bond donors (Lipinski definition) is 0. The molecule has 1 rings (SSSR count). The molecule has 0 atom stereocenters. The van der Waals surface area contributed by atoms with E-state index in [-0.39, 0.29) is 10.6 Å². The van der Waals surface area contributed by atoms with E-state index in [1.54, 1.807) is 24.3 Å². The van der Waals surface area contributed by atoms with Gasteiger partial charge >= 0.3 is 70.2 Å². The molecule has 4 heteroatoms. The van der Waals surface area contributed by atoms with Gasteiger partial charge in [0.15, 0.2) is 0 Å². The van der Waals surface area contributed by atoms with Crippen LogP contribution in [0.3, 0.4) is 0 Å². The molecule has 0 unspecified atom stereocenters. The molecule has 0 N–H and O–H groups in total. The van der Waals surface area contributed by atoms with Gasteiger partial charge in [0, 0.05) is 0 Å². The first kappa shape index (κ1) is 8.24. The van der Waals surface area contributed by atoms with Crippen molar-refractivity contribution in [1.29, 1.82) is 0 Å². The molecule has 1 aromatic rings. The standard InChI is InChI=1S/C7H7NO2Se/c1-11-7-4-2-6(3-5-7)8(9)10/h2-5H,1H3. The summed E-state index contributed by atoms with van der Waals surface area (Å²) in [6.07, 6.45) is 0. The van der Waals surface area contributed by atoms with Crippen LogP contribution in [-0.2, 0) is 0 Å². The van der Waals surface area contributed by atoms with E-state index in [0.29, 0.717) is 15.0 Å². The summed E-state index contributed by atoms with van der Waals surface area (Å²) < 4.78 is 1.18. The van der Waals surface area contributed by atoms with Crippen LogP contribution in [0.5, 0.6) is 0 Å². The van der Waals surface area contributed by atoms with Crippen LogP contribution in [0, 0.1) is 10.1 Å². The second kappa shape index (κ2) is 3.51. The Morgan fingerprint density at radius 2 is 1.91 bits per heavy atom. The van der Waals surface area contributed by atoms with E-state index in [0.717, 1.165) is 0 Å². The monoisotopic (exact) mass is 217 g/mol. The molecule has 58 valence electrons. The summed E-state index contributed by atoms with van der Waals surface area (Å²) in [5.74, 6) is 2.08. The van der Waals surface area contributed by atoms with Crippen LogP contribution in [0.15, 0.2) is 24.3 Å². The number of nitrogens with zero attached hydrogens (tertiary/aromatic N) is 1. The molecule has 0 saturated carbocycles. The van der Waals surface area contributed by atoms with Crippen molar-refractivity contribution in [2.75, 3.05) is 0 Å². The summed E-state index contributed by atoms with van der Waals surface area (Å²) in [6, 6.07) is 6.69. The van der Waals surface area contributed by atoms with Crippen molar-refractivity contribution in [3.63, 3.8) is 0 Å². The Hall–Kier alpha value is -0.861. The summed E-state index contributed by atoms with van der Waals surface area (Å²) in [6.45, 7) is 0. The first-order chi connectivity index (χ1) is 5.24. The minimum atomic E-state index is -0.383. The van der Waals surface area contributed by atoms with Crippen LogP contribution in [0.25, 0.3) is 0 Å². The van der Waals surface area contributed by atoms with Crippen LogP contribution in [0.1, 0.15) is 0 Å². The van der Waals surface area contributed by atoms with Crippen molar-refractivity contribution in [2.45, 2.75) is 5.82 Å². The zero-order valence-electron chi connectivity index (χ0n) is 5.98. The fourth-order valence-corrected chi connectivity index (χ4v) is 1.56. The molecule has 0 spiro atoms. The van der Waals surface area contributed by atoms with Crippen molar-refractivity contribution in [3.8, 4) is 0 Å². The van der Waals surface area contributed by atoms with Gasteiger partial charge in [0.25, 0.3) is 0 Å². The van der Waals surface area contributed by atoms with Gasteiger partial charge in [-0.05, 0) is 0 Å². The fourth-order valence-electron chi connectivity index (χ4n) is 0.704. The van der Waals surface area contributed by atoms with Crippen molar-refractivity contribution < 1.29 is 4.92 Å². The number of benzene rings is 1. The SMILES string of the molecule is C[Se]c1ccc([N+](=O)[O-])cc1. The Morgan fingerprint density at radius 3 is 2.27 bits per heavy atom. The van der Waals surface area contributed by atoms with Gasteiger partial charge in [0.05, 0.1) is 0 Å². The van der Waals surface area contributed by atoms with E-state index < -0.39 is 0 Å². The molecule has 0 saturated heterocycles. The second-order valence-electron chi connectivity index (χ2n) is 1.96. The third-order valence-corrected chi connectivity index (χ3v) is 2.84. The average Bonchev–Trinajstić information content (AvgIpc) is 2.05. The molecule has 0 aliphatic heterocycles. The number of nitro groups is 1. The molecule has 0 aliphatic carbocycles. The maximum absolute atomic E-state index is 10.2. The van der Waals surface area contributed by atoms with Crippen molar-refractivity contribution in [1.82, 2.24) is 0 Å². The Bertz CT molecular complexity index is 258. The quantitative estimate of drug-likeness (QED) is 0.420. The van der Waals surface area contributed by atoms with E-state index in [1.807, 2.05) is 0 Å². The Balaban J connectivity index is 2.91. The molecular weight excluding hydrogens is 209 g/mol. The number of nitro benzene ring substituents is 1. The summed E-state index contributed by atoms with van der Waals surface area (Å²) in [5, 5.41) is 10.2. The third-order valence-electron chi connectivity index (χ3n) is 1.28.